The molecule has 1 saturated carbocycles. The van der Waals surface area contributed by atoms with Crippen LogP contribution in [0.3, 0.4) is 0 Å². The summed E-state index contributed by atoms with van der Waals surface area (Å²) in [4.78, 5) is 29.3. The van der Waals surface area contributed by atoms with Crippen LogP contribution in [0.5, 0.6) is 0 Å². The average Bonchev–Trinajstić information content (AvgIpc) is 3.29. The fraction of sp³-hybridized carbons (Fsp3) is 0.609. The second-order valence-corrected chi connectivity index (χ2v) is 8.84. The van der Waals surface area contributed by atoms with Gasteiger partial charge in [-0.25, -0.2) is 0 Å². The van der Waals surface area contributed by atoms with Crippen LogP contribution in [0.25, 0.3) is 6.08 Å². The summed E-state index contributed by atoms with van der Waals surface area (Å²) >= 11 is 0. The standard InChI is InChI=1S/C23H32N4O4/c1-2-17-13-19(31-20(17)15-24)22(29)25-16-18-14-23(18)4-7-27(8-5-23)21(28)3-6-26-9-11-30-12-10-26/h2,13,15,18,24H,1,3-12,14,16H2,(H,25,29). The lowest BCUT2D eigenvalue weighted by Crippen LogP contribution is -2.43. The molecular formula is C23H32N4O4. The van der Waals surface area contributed by atoms with Gasteiger partial charge in [0, 0.05) is 51.3 Å². The molecule has 3 fully saturated rings. The highest BCUT2D eigenvalue weighted by Gasteiger charge is 2.54. The topological polar surface area (TPSA) is 98.9 Å². The van der Waals surface area contributed by atoms with Crippen LogP contribution >= 0.6 is 0 Å². The van der Waals surface area contributed by atoms with E-state index in [4.69, 9.17) is 14.6 Å². The molecule has 31 heavy (non-hydrogen) atoms. The number of ether oxygens (including phenoxy) is 1. The summed E-state index contributed by atoms with van der Waals surface area (Å²) in [6, 6.07) is 1.62. The maximum atomic E-state index is 12.6. The summed E-state index contributed by atoms with van der Waals surface area (Å²) in [6.45, 7) is 10.1. The lowest BCUT2D eigenvalue weighted by atomic mass is 9.90. The number of hydrogen-bond acceptors (Lipinski definition) is 6. The molecule has 1 aromatic rings. The molecular weight excluding hydrogens is 396 g/mol. The van der Waals surface area contributed by atoms with E-state index in [0.717, 1.165) is 71.4 Å². The summed E-state index contributed by atoms with van der Waals surface area (Å²) in [5.74, 6) is 1.01. The fourth-order valence-corrected chi connectivity index (χ4v) is 4.88. The van der Waals surface area contributed by atoms with Gasteiger partial charge in [0.05, 0.1) is 19.4 Å². The molecule has 3 heterocycles. The largest absolute Gasteiger partial charge is 0.449 e. The second-order valence-electron chi connectivity index (χ2n) is 8.84. The smallest absolute Gasteiger partial charge is 0.287 e. The Kier molecular flexibility index (Phi) is 6.57. The van der Waals surface area contributed by atoms with Crippen molar-refractivity contribution in [3.63, 3.8) is 0 Å². The SMILES string of the molecule is C=Cc1cc(C(=O)NCC2CC23CCN(C(=O)CCN2CCOCC2)CC3)oc1C=N. The van der Waals surface area contributed by atoms with Crippen LogP contribution < -0.4 is 5.32 Å². The monoisotopic (exact) mass is 428 g/mol. The third kappa shape index (κ3) is 4.91. The summed E-state index contributed by atoms with van der Waals surface area (Å²) < 4.78 is 10.8. The third-order valence-corrected chi connectivity index (χ3v) is 7.09. The molecule has 0 aromatic carbocycles. The van der Waals surface area contributed by atoms with E-state index in [0.29, 0.717) is 30.2 Å². The van der Waals surface area contributed by atoms with Gasteiger partial charge in [0.1, 0.15) is 0 Å². The highest BCUT2D eigenvalue weighted by atomic mass is 16.5. The van der Waals surface area contributed by atoms with Crippen molar-refractivity contribution in [1.82, 2.24) is 15.1 Å². The molecule has 8 heteroatoms. The molecule has 3 aliphatic rings. The fourth-order valence-electron chi connectivity index (χ4n) is 4.88. The van der Waals surface area contributed by atoms with Gasteiger partial charge in [-0.2, -0.15) is 0 Å². The van der Waals surface area contributed by atoms with E-state index in [1.165, 1.54) is 0 Å². The molecule has 1 aromatic heterocycles. The first kappa shape index (κ1) is 21.8. The highest BCUT2D eigenvalue weighted by molar-refractivity contribution is 5.94. The molecule has 1 atom stereocenters. The Morgan fingerprint density at radius 2 is 2.00 bits per heavy atom. The Morgan fingerprint density at radius 3 is 2.65 bits per heavy atom. The number of rotatable bonds is 8. The number of nitrogens with zero attached hydrogens (tertiary/aromatic N) is 2. The van der Waals surface area contributed by atoms with Gasteiger partial charge in [-0.15, -0.1) is 0 Å². The molecule has 1 unspecified atom stereocenters. The Morgan fingerprint density at radius 1 is 1.26 bits per heavy atom. The van der Waals surface area contributed by atoms with Gasteiger partial charge < -0.3 is 24.8 Å². The van der Waals surface area contributed by atoms with E-state index >= 15 is 0 Å². The van der Waals surface area contributed by atoms with Crippen molar-refractivity contribution in [2.45, 2.75) is 25.7 Å². The molecule has 4 rings (SSSR count). The Labute approximate surface area is 183 Å². The van der Waals surface area contributed by atoms with Crippen LogP contribution in [0, 0.1) is 16.7 Å². The number of morpholine rings is 1. The zero-order chi connectivity index (χ0) is 21.8. The average molecular weight is 429 g/mol. The molecule has 2 N–H and O–H groups in total. The number of carbonyl (C=O) groups excluding carboxylic acids is 2. The summed E-state index contributed by atoms with van der Waals surface area (Å²) in [6.07, 6.45) is 6.36. The zero-order valence-corrected chi connectivity index (χ0v) is 18.0. The van der Waals surface area contributed by atoms with Gasteiger partial charge >= 0.3 is 0 Å². The van der Waals surface area contributed by atoms with Gasteiger partial charge in [0.2, 0.25) is 5.91 Å². The van der Waals surface area contributed by atoms with Crippen LogP contribution in [0.15, 0.2) is 17.1 Å². The predicted octanol–water partition coefficient (Wildman–Crippen LogP) is 2.00. The van der Waals surface area contributed by atoms with Crippen LogP contribution in [-0.4, -0.2) is 80.3 Å². The first-order chi connectivity index (χ1) is 15.0. The number of carbonyl (C=O) groups is 2. The van der Waals surface area contributed by atoms with E-state index in [2.05, 4.69) is 16.8 Å². The van der Waals surface area contributed by atoms with Gasteiger partial charge in [-0.1, -0.05) is 12.7 Å². The number of nitrogens with one attached hydrogen (secondary N) is 2. The predicted molar refractivity (Wildman–Crippen MR) is 117 cm³/mol. The molecule has 0 bridgehead atoms. The van der Waals surface area contributed by atoms with Gasteiger partial charge in [-0.3, -0.25) is 14.5 Å². The zero-order valence-electron chi connectivity index (χ0n) is 18.0. The van der Waals surface area contributed by atoms with E-state index in [1.54, 1.807) is 12.1 Å². The van der Waals surface area contributed by atoms with Crippen molar-refractivity contribution < 1.29 is 18.7 Å². The lowest BCUT2D eigenvalue weighted by Gasteiger charge is -2.34. The van der Waals surface area contributed by atoms with E-state index in [9.17, 15) is 9.59 Å². The molecule has 0 radical (unpaired) electrons. The Hall–Kier alpha value is -2.45. The maximum absolute atomic E-state index is 12.6. The molecule has 1 aliphatic carbocycles. The van der Waals surface area contributed by atoms with Gasteiger partial charge in [-0.05, 0) is 36.7 Å². The van der Waals surface area contributed by atoms with Gasteiger partial charge in [0.15, 0.2) is 11.5 Å². The minimum Gasteiger partial charge on any atom is -0.449 e. The van der Waals surface area contributed by atoms with E-state index < -0.39 is 0 Å². The van der Waals surface area contributed by atoms with Crippen molar-refractivity contribution in [1.29, 1.82) is 5.41 Å². The van der Waals surface area contributed by atoms with Crippen molar-refractivity contribution in [3.05, 3.63) is 29.7 Å². The van der Waals surface area contributed by atoms with E-state index in [1.807, 2.05) is 4.90 Å². The van der Waals surface area contributed by atoms with Crippen molar-refractivity contribution in [2.75, 3.05) is 52.5 Å². The number of amides is 2. The highest BCUT2D eigenvalue weighted by Crippen LogP contribution is 2.59. The number of likely N-dealkylation sites (tertiary alicyclic amines) is 1. The summed E-state index contributed by atoms with van der Waals surface area (Å²) in [7, 11) is 0. The van der Waals surface area contributed by atoms with Crippen LogP contribution in [0.1, 0.15) is 47.6 Å². The Balaban J connectivity index is 1.18. The minimum absolute atomic E-state index is 0.212. The van der Waals surface area contributed by atoms with E-state index in [-0.39, 0.29) is 23.0 Å². The summed E-state index contributed by atoms with van der Waals surface area (Å²) in [5.41, 5.74) is 0.915. The minimum atomic E-state index is -0.256. The van der Waals surface area contributed by atoms with Gasteiger partial charge in [0.25, 0.3) is 5.91 Å². The molecule has 2 amide bonds. The molecule has 168 valence electrons. The third-order valence-electron chi connectivity index (χ3n) is 7.09. The molecule has 1 spiro atoms. The first-order valence-corrected chi connectivity index (χ1v) is 11.2. The van der Waals surface area contributed by atoms with Crippen molar-refractivity contribution >= 4 is 24.1 Å². The second kappa shape index (κ2) is 9.36. The number of furan rings is 1. The van der Waals surface area contributed by atoms with Crippen molar-refractivity contribution in [2.24, 2.45) is 11.3 Å². The van der Waals surface area contributed by atoms with Crippen LogP contribution in [0.4, 0.5) is 0 Å². The number of piperidine rings is 1. The normalized spacial score (nSPS) is 22.8. The van der Waals surface area contributed by atoms with Crippen LogP contribution in [0.2, 0.25) is 0 Å². The maximum Gasteiger partial charge on any atom is 0.287 e. The quantitative estimate of drug-likeness (QED) is 0.617. The van der Waals surface area contributed by atoms with Crippen molar-refractivity contribution in [3.8, 4) is 0 Å². The summed E-state index contributed by atoms with van der Waals surface area (Å²) in [5, 5.41) is 10.3. The molecule has 2 saturated heterocycles. The van der Waals surface area contributed by atoms with Crippen LogP contribution in [-0.2, 0) is 9.53 Å². The Bertz CT molecular complexity index is 809. The molecule has 8 nitrogen and oxygen atoms in total. The number of hydrogen-bond donors (Lipinski definition) is 2. The lowest BCUT2D eigenvalue weighted by molar-refractivity contribution is -0.133. The molecule has 2 aliphatic heterocycles. The first-order valence-electron chi connectivity index (χ1n) is 11.2.